The zero-order chi connectivity index (χ0) is 22.9. The van der Waals surface area contributed by atoms with Crippen molar-refractivity contribution in [3.8, 4) is 0 Å². The molecule has 0 radical (unpaired) electrons. The van der Waals surface area contributed by atoms with E-state index in [1.165, 1.54) is 0 Å². The van der Waals surface area contributed by atoms with Crippen LogP contribution in [-0.2, 0) is 10.3 Å². The Balaban J connectivity index is 1.64. The average molecular weight is 435 g/mol. The zero-order valence-corrected chi connectivity index (χ0v) is 19.1. The maximum absolute atomic E-state index is 13.1. The van der Waals surface area contributed by atoms with Gasteiger partial charge in [-0.3, -0.25) is 9.59 Å². The summed E-state index contributed by atoms with van der Waals surface area (Å²) in [7, 11) is 0. The molecule has 1 fully saturated rings. The molecule has 168 valence electrons. The van der Waals surface area contributed by atoms with E-state index in [4.69, 9.17) is 9.72 Å². The third kappa shape index (κ3) is 4.67. The van der Waals surface area contributed by atoms with Crippen molar-refractivity contribution in [3.05, 3.63) is 59.3 Å². The number of aryl methyl sites for hydroxylation is 1. The van der Waals surface area contributed by atoms with Gasteiger partial charge in [0.2, 0.25) is 0 Å². The molecule has 7 nitrogen and oxygen atoms in total. The molecular formula is C25H30N4O3. The number of amides is 2. The van der Waals surface area contributed by atoms with Crippen molar-refractivity contribution in [2.75, 3.05) is 18.5 Å². The lowest BCUT2D eigenvalue weighted by Gasteiger charge is -2.23. The predicted octanol–water partition coefficient (Wildman–Crippen LogP) is 4.26. The highest BCUT2D eigenvalue weighted by Gasteiger charge is 2.25. The maximum Gasteiger partial charge on any atom is 0.256 e. The lowest BCUT2D eigenvalue weighted by Crippen LogP contribution is -2.38. The van der Waals surface area contributed by atoms with Crippen LogP contribution in [0.1, 0.15) is 59.9 Å². The molecule has 7 heteroatoms. The monoisotopic (exact) mass is 434 g/mol. The van der Waals surface area contributed by atoms with Crippen LogP contribution in [0.3, 0.4) is 0 Å². The first-order valence-corrected chi connectivity index (χ1v) is 11.0. The molecule has 2 aromatic heterocycles. The minimum absolute atomic E-state index is 0.108. The van der Waals surface area contributed by atoms with E-state index in [1.807, 2.05) is 35.9 Å². The van der Waals surface area contributed by atoms with Crippen molar-refractivity contribution in [2.45, 2.75) is 52.1 Å². The number of aromatic nitrogens is 2. The van der Waals surface area contributed by atoms with Crippen LogP contribution < -0.4 is 10.6 Å². The van der Waals surface area contributed by atoms with Gasteiger partial charge in [-0.1, -0.05) is 17.7 Å². The second-order valence-corrected chi connectivity index (χ2v) is 9.33. The van der Waals surface area contributed by atoms with E-state index in [0.717, 1.165) is 23.8 Å². The van der Waals surface area contributed by atoms with Crippen molar-refractivity contribution >= 4 is 28.7 Å². The Morgan fingerprint density at radius 3 is 2.38 bits per heavy atom. The van der Waals surface area contributed by atoms with Crippen molar-refractivity contribution in [1.29, 1.82) is 0 Å². The molecule has 1 aliphatic heterocycles. The number of benzene rings is 1. The first-order valence-electron chi connectivity index (χ1n) is 11.0. The van der Waals surface area contributed by atoms with Crippen molar-refractivity contribution < 1.29 is 14.3 Å². The maximum atomic E-state index is 13.1. The molecule has 4 rings (SSSR count). The molecule has 2 amide bonds. The van der Waals surface area contributed by atoms with Crippen molar-refractivity contribution in [1.82, 2.24) is 14.9 Å². The molecule has 0 saturated carbocycles. The minimum atomic E-state index is -0.290. The third-order valence-corrected chi connectivity index (χ3v) is 5.73. The van der Waals surface area contributed by atoms with Crippen LogP contribution in [0, 0.1) is 6.92 Å². The molecule has 0 bridgehead atoms. The number of carbonyl (C=O) groups is 2. The second kappa shape index (κ2) is 8.74. The lowest BCUT2D eigenvalue weighted by atomic mass is 10.1. The van der Waals surface area contributed by atoms with Gasteiger partial charge in [0.1, 0.15) is 11.5 Å². The van der Waals surface area contributed by atoms with E-state index in [2.05, 4.69) is 31.4 Å². The molecule has 1 saturated heterocycles. The number of ether oxygens (including phenoxy) is 1. The number of carbonyl (C=O) groups excluding carboxylic acids is 2. The minimum Gasteiger partial charge on any atom is -0.381 e. The van der Waals surface area contributed by atoms with E-state index in [9.17, 15) is 9.59 Å². The zero-order valence-electron chi connectivity index (χ0n) is 19.1. The number of pyridine rings is 1. The number of rotatable bonds is 4. The fourth-order valence-corrected chi connectivity index (χ4v) is 3.86. The normalized spacial score (nSPS) is 15.0. The van der Waals surface area contributed by atoms with Crippen LogP contribution in [0.2, 0.25) is 0 Å². The Labute approximate surface area is 188 Å². The molecule has 0 atom stereocenters. The summed E-state index contributed by atoms with van der Waals surface area (Å²) in [5, 5.41) is 6.77. The average Bonchev–Trinajstić information content (AvgIpc) is 3.14. The standard InChI is InChI=1S/C25H30N4O3/c1-16-5-7-17(8-6-16)23(30)28-21-10-9-19-20(15-29(22(19)27-21)25(2,3)4)24(31)26-18-11-13-32-14-12-18/h5-10,15,18H,11-14H2,1-4H3,(H,26,31)(H,27,28,30). The van der Waals surface area contributed by atoms with Crippen LogP contribution in [-0.4, -0.2) is 40.6 Å². The molecule has 3 heterocycles. The summed E-state index contributed by atoms with van der Waals surface area (Å²) in [6.07, 6.45) is 3.49. The molecule has 3 aromatic rings. The van der Waals surface area contributed by atoms with Crippen LogP contribution in [0.25, 0.3) is 11.0 Å². The first-order chi connectivity index (χ1) is 15.2. The van der Waals surface area contributed by atoms with Crippen LogP contribution in [0.15, 0.2) is 42.6 Å². The lowest BCUT2D eigenvalue weighted by molar-refractivity contribution is 0.0697. The fourth-order valence-electron chi connectivity index (χ4n) is 3.86. The molecule has 0 spiro atoms. The Morgan fingerprint density at radius 2 is 1.72 bits per heavy atom. The molecule has 2 N–H and O–H groups in total. The fraction of sp³-hybridized carbons (Fsp3) is 0.400. The summed E-state index contributed by atoms with van der Waals surface area (Å²) in [5.41, 5.74) is 2.62. The Hall–Kier alpha value is -3.19. The molecule has 0 aliphatic carbocycles. The topological polar surface area (TPSA) is 85.3 Å². The van der Waals surface area contributed by atoms with Crippen LogP contribution >= 0.6 is 0 Å². The van der Waals surface area contributed by atoms with Crippen LogP contribution in [0.5, 0.6) is 0 Å². The van der Waals surface area contributed by atoms with E-state index in [1.54, 1.807) is 18.2 Å². The van der Waals surface area contributed by atoms with Gasteiger partial charge < -0.3 is 19.9 Å². The molecule has 0 unspecified atom stereocenters. The van der Waals surface area contributed by atoms with Gasteiger partial charge in [-0.05, 0) is 64.8 Å². The summed E-state index contributed by atoms with van der Waals surface area (Å²) >= 11 is 0. The molecular weight excluding hydrogens is 404 g/mol. The van der Waals surface area contributed by atoms with Gasteiger partial charge in [-0.2, -0.15) is 0 Å². The van der Waals surface area contributed by atoms with Crippen molar-refractivity contribution in [2.24, 2.45) is 0 Å². The second-order valence-electron chi connectivity index (χ2n) is 9.33. The summed E-state index contributed by atoms with van der Waals surface area (Å²) < 4.78 is 7.38. The number of fused-ring (bicyclic) bond motifs is 1. The van der Waals surface area contributed by atoms with Gasteiger partial charge >= 0.3 is 0 Å². The SMILES string of the molecule is Cc1ccc(C(=O)Nc2ccc3c(C(=O)NC4CCOCC4)cn(C(C)(C)C)c3n2)cc1. The van der Waals surface area contributed by atoms with E-state index in [-0.39, 0.29) is 23.4 Å². The van der Waals surface area contributed by atoms with Gasteiger partial charge in [-0.15, -0.1) is 0 Å². The van der Waals surface area contributed by atoms with Gasteiger partial charge in [0.25, 0.3) is 11.8 Å². The Bertz CT molecular complexity index is 1140. The highest BCUT2D eigenvalue weighted by atomic mass is 16.5. The van der Waals surface area contributed by atoms with Gasteiger partial charge in [0.05, 0.1) is 5.56 Å². The molecule has 1 aromatic carbocycles. The summed E-state index contributed by atoms with van der Waals surface area (Å²) in [6.45, 7) is 9.50. The quantitative estimate of drug-likeness (QED) is 0.643. The predicted molar refractivity (Wildman–Crippen MR) is 125 cm³/mol. The van der Waals surface area contributed by atoms with Gasteiger partial charge in [0, 0.05) is 41.9 Å². The van der Waals surface area contributed by atoms with Crippen molar-refractivity contribution in [3.63, 3.8) is 0 Å². The van der Waals surface area contributed by atoms with Gasteiger partial charge in [-0.25, -0.2) is 4.98 Å². The largest absolute Gasteiger partial charge is 0.381 e. The number of nitrogens with one attached hydrogen (secondary N) is 2. The highest BCUT2D eigenvalue weighted by molar-refractivity contribution is 6.08. The first kappa shape index (κ1) is 22.0. The van der Waals surface area contributed by atoms with E-state index >= 15 is 0 Å². The number of hydrogen-bond acceptors (Lipinski definition) is 4. The smallest absolute Gasteiger partial charge is 0.256 e. The highest BCUT2D eigenvalue weighted by Crippen LogP contribution is 2.28. The molecule has 1 aliphatic rings. The van der Waals surface area contributed by atoms with E-state index in [0.29, 0.717) is 35.8 Å². The Morgan fingerprint density at radius 1 is 1.03 bits per heavy atom. The Kier molecular flexibility index (Phi) is 6.02. The number of anilines is 1. The molecule has 32 heavy (non-hydrogen) atoms. The number of hydrogen-bond donors (Lipinski definition) is 2. The summed E-state index contributed by atoms with van der Waals surface area (Å²) in [4.78, 5) is 30.4. The van der Waals surface area contributed by atoms with Crippen LogP contribution in [0.4, 0.5) is 5.82 Å². The van der Waals surface area contributed by atoms with E-state index < -0.39 is 0 Å². The summed E-state index contributed by atoms with van der Waals surface area (Å²) in [5.74, 6) is 0.120. The number of nitrogens with zero attached hydrogens (tertiary/aromatic N) is 2. The summed E-state index contributed by atoms with van der Waals surface area (Å²) in [6, 6.07) is 11.1. The third-order valence-electron chi connectivity index (χ3n) is 5.73. The van der Waals surface area contributed by atoms with Gasteiger partial charge in [0.15, 0.2) is 0 Å².